The molecule has 2 heterocycles. The number of aryl methyl sites for hydroxylation is 1. The molecule has 3 aromatic rings. The van der Waals surface area contributed by atoms with Gasteiger partial charge >= 0.3 is 0 Å². The fourth-order valence-electron chi connectivity index (χ4n) is 2.07. The van der Waals surface area contributed by atoms with Crippen LogP contribution in [0.15, 0.2) is 48.9 Å². The van der Waals surface area contributed by atoms with Crippen molar-refractivity contribution in [2.45, 2.75) is 13.2 Å². The number of hydrogen-bond donors (Lipinski definition) is 0. The van der Waals surface area contributed by atoms with Gasteiger partial charge in [0.2, 0.25) is 11.8 Å². The Hall–Kier alpha value is -2.96. The Morgan fingerprint density at radius 1 is 1.13 bits per heavy atom. The van der Waals surface area contributed by atoms with E-state index in [1.165, 1.54) is 6.33 Å². The summed E-state index contributed by atoms with van der Waals surface area (Å²) in [5, 5.41) is 4.06. The maximum atomic E-state index is 5.73. The summed E-state index contributed by atoms with van der Waals surface area (Å²) in [5.74, 6) is 1.97. The first-order valence-electron chi connectivity index (χ1n) is 7.26. The van der Waals surface area contributed by atoms with E-state index in [9.17, 15) is 0 Å². The Bertz CT molecular complexity index is 758. The minimum atomic E-state index is 0.476. The molecule has 3 rings (SSSR count). The number of nitrogens with zero attached hydrogens (tertiary/aromatic N) is 6. The van der Waals surface area contributed by atoms with Gasteiger partial charge in [0.1, 0.15) is 18.8 Å². The SMILES string of the molecule is CN(Cc1ncnn1C)c1nccc(OCc2ccccc2)n1. The van der Waals surface area contributed by atoms with Gasteiger partial charge in [-0.1, -0.05) is 30.3 Å². The van der Waals surface area contributed by atoms with Crippen LogP contribution in [0.1, 0.15) is 11.4 Å². The Labute approximate surface area is 134 Å². The van der Waals surface area contributed by atoms with E-state index >= 15 is 0 Å². The maximum Gasteiger partial charge on any atom is 0.228 e. The standard InChI is InChI=1S/C16H18N6O/c1-21(10-14-18-12-19-22(14)2)16-17-9-8-15(20-16)23-11-13-6-4-3-5-7-13/h3-9,12H,10-11H2,1-2H3. The normalized spacial score (nSPS) is 10.5. The Morgan fingerprint density at radius 3 is 2.70 bits per heavy atom. The van der Waals surface area contributed by atoms with Crippen molar-refractivity contribution in [3.8, 4) is 5.88 Å². The number of rotatable bonds is 6. The highest BCUT2D eigenvalue weighted by molar-refractivity contribution is 5.31. The summed E-state index contributed by atoms with van der Waals surface area (Å²) < 4.78 is 7.46. The molecule has 0 atom stereocenters. The molecular formula is C16H18N6O. The molecule has 0 spiro atoms. The van der Waals surface area contributed by atoms with E-state index in [1.54, 1.807) is 16.9 Å². The van der Waals surface area contributed by atoms with Crippen LogP contribution in [-0.4, -0.2) is 31.8 Å². The maximum absolute atomic E-state index is 5.73. The van der Waals surface area contributed by atoms with Gasteiger partial charge in [-0.25, -0.2) is 9.97 Å². The lowest BCUT2D eigenvalue weighted by Gasteiger charge is -2.16. The molecule has 0 radical (unpaired) electrons. The van der Waals surface area contributed by atoms with Gasteiger partial charge in [-0.2, -0.15) is 10.1 Å². The van der Waals surface area contributed by atoms with Crippen molar-refractivity contribution >= 4 is 5.95 Å². The van der Waals surface area contributed by atoms with Gasteiger partial charge < -0.3 is 9.64 Å². The quantitative estimate of drug-likeness (QED) is 0.692. The van der Waals surface area contributed by atoms with Gasteiger partial charge in [-0.15, -0.1) is 0 Å². The smallest absolute Gasteiger partial charge is 0.228 e. The Balaban J connectivity index is 1.66. The minimum absolute atomic E-state index is 0.476. The molecule has 0 bridgehead atoms. The second kappa shape index (κ2) is 6.87. The summed E-state index contributed by atoms with van der Waals surface area (Å²) in [6.45, 7) is 1.04. The van der Waals surface area contributed by atoms with Crippen LogP contribution in [0.4, 0.5) is 5.95 Å². The molecule has 23 heavy (non-hydrogen) atoms. The van der Waals surface area contributed by atoms with Crippen molar-refractivity contribution in [3.63, 3.8) is 0 Å². The third-order valence-corrected chi connectivity index (χ3v) is 3.37. The summed E-state index contributed by atoms with van der Waals surface area (Å²) in [4.78, 5) is 14.8. The predicted octanol–water partition coefficient (Wildman–Crippen LogP) is 1.82. The van der Waals surface area contributed by atoms with Crippen molar-refractivity contribution in [2.24, 2.45) is 7.05 Å². The molecule has 0 saturated carbocycles. The lowest BCUT2D eigenvalue weighted by atomic mass is 10.2. The fraction of sp³-hybridized carbons (Fsp3) is 0.250. The zero-order chi connectivity index (χ0) is 16.1. The third kappa shape index (κ3) is 3.82. The van der Waals surface area contributed by atoms with Gasteiger partial charge in [0, 0.05) is 26.4 Å². The summed E-state index contributed by atoms with van der Waals surface area (Å²) in [6.07, 6.45) is 3.22. The van der Waals surface area contributed by atoms with E-state index in [4.69, 9.17) is 4.74 Å². The van der Waals surface area contributed by atoms with Crippen LogP contribution in [0, 0.1) is 0 Å². The molecular weight excluding hydrogens is 292 g/mol. The number of anilines is 1. The lowest BCUT2D eigenvalue weighted by Crippen LogP contribution is -2.21. The largest absolute Gasteiger partial charge is 0.473 e. The zero-order valence-electron chi connectivity index (χ0n) is 13.1. The molecule has 0 aliphatic carbocycles. The molecule has 7 nitrogen and oxygen atoms in total. The molecule has 118 valence electrons. The highest BCUT2D eigenvalue weighted by Gasteiger charge is 2.10. The third-order valence-electron chi connectivity index (χ3n) is 3.37. The summed E-state index contributed by atoms with van der Waals surface area (Å²) in [7, 11) is 3.77. The van der Waals surface area contributed by atoms with E-state index in [2.05, 4.69) is 20.1 Å². The molecule has 0 unspecified atom stereocenters. The monoisotopic (exact) mass is 310 g/mol. The summed E-state index contributed by atoms with van der Waals surface area (Å²) in [5.41, 5.74) is 1.10. The van der Waals surface area contributed by atoms with Crippen molar-refractivity contribution in [1.82, 2.24) is 24.7 Å². The molecule has 7 heteroatoms. The molecule has 2 aromatic heterocycles. The zero-order valence-corrected chi connectivity index (χ0v) is 13.1. The Morgan fingerprint density at radius 2 is 1.96 bits per heavy atom. The van der Waals surface area contributed by atoms with Gasteiger partial charge in [0.25, 0.3) is 0 Å². The highest BCUT2D eigenvalue weighted by atomic mass is 16.5. The molecule has 0 saturated heterocycles. The average Bonchev–Trinajstić information content (AvgIpc) is 2.99. The minimum Gasteiger partial charge on any atom is -0.473 e. The molecule has 0 aliphatic heterocycles. The van der Waals surface area contributed by atoms with Gasteiger partial charge in [-0.05, 0) is 5.56 Å². The highest BCUT2D eigenvalue weighted by Crippen LogP contribution is 2.14. The first-order chi connectivity index (χ1) is 11.2. The molecule has 0 amide bonds. The topological polar surface area (TPSA) is 69.0 Å². The van der Waals surface area contributed by atoms with Crippen LogP contribution in [0.3, 0.4) is 0 Å². The van der Waals surface area contributed by atoms with E-state index in [0.717, 1.165) is 11.4 Å². The molecule has 0 N–H and O–H groups in total. The predicted molar refractivity (Wildman–Crippen MR) is 85.9 cm³/mol. The van der Waals surface area contributed by atoms with Crippen molar-refractivity contribution in [2.75, 3.05) is 11.9 Å². The molecule has 0 fully saturated rings. The molecule has 1 aromatic carbocycles. The summed E-state index contributed by atoms with van der Waals surface area (Å²) in [6, 6.07) is 11.7. The second-order valence-corrected chi connectivity index (χ2v) is 5.13. The van der Waals surface area contributed by atoms with Crippen LogP contribution >= 0.6 is 0 Å². The Kier molecular flexibility index (Phi) is 4.46. The van der Waals surface area contributed by atoms with Crippen LogP contribution in [-0.2, 0) is 20.2 Å². The van der Waals surface area contributed by atoms with Crippen LogP contribution in [0.25, 0.3) is 0 Å². The second-order valence-electron chi connectivity index (χ2n) is 5.13. The number of benzene rings is 1. The first kappa shape index (κ1) is 15.0. The molecule has 0 aliphatic rings. The van der Waals surface area contributed by atoms with E-state index < -0.39 is 0 Å². The van der Waals surface area contributed by atoms with Gasteiger partial charge in [-0.3, -0.25) is 4.68 Å². The van der Waals surface area contributed by atoms with E-state index in [1.807, 2.05) is 49.3 Å². The van der Waals surface area contributed by atoms with E-state index in [-0.39, 0.29) is 0 Å². The van der Waals surface area contributed by atoms with Crippen LogP contribution < -0.4 is 9.64 Å². The van der Waals surface area contributed by atoms with Crippen molar-refractivity contribution in [3.05, 3.63) is 60.3 Å². The lowest BCUT2D eigenvalue weighted by molar-refractivity contribution is 0.293. The first-order valence-corrected chi connectivity index (χ1v) is 7.26. The van der Waals surface area contributed by atoms with Crippen molar-refractivity contribution in [1.29, 1.82) is 0 Å². The fourth-order valence-corrected chi connectivity index (χ4v) is 2.07. The average molecular weight is 310 g/mol. The number of aromatic nitrogens is 5. The van der Waals surface area contributed by atoms with Crippen LogP contribution in [0.5, 0.6) is 5.88 Å². The number of hydrogen-bond acceptors (Lipinski definition) is 6. The van der Waals surface area contributed by atoms with Gasteiger partial charge in [0.15, 0.2) is 0 Å². The summed E-state index contributed by atoms with van der Waals surface area (Å²) >= 11 is 0. The van der Waals surface area contributed by atoms with Crippen molar-refractivity contribution < 1.29 is 4.74 Å². The van der Waals surface area contributed by atoms with E-state index in [0.29, 0.717) is 25.0 Å². The van der Waals surface area contributed by atoms with Crippen LogP contribution in [0.2, 0.25) is 0 Å². The van der Waals surface area contributed by atoms with Gasteiger partial charge in [0.05, 0.1) is 6.54 Å². The number of ether oxygens (including phenoxy) is 1.